The first-order valence-corrected chi connectivity index (χ1v) is 19.9. The molecule has 0 aromatic heterocycles. The van der Waals surface area contributed by atoms with Crippen LogP contribution in [0, 0.1) is 71.0 Å². The van der Waals surface area contributed by atoms with Gasteiger partial charge in [-0.15, -0.1) is 22.2 Å². The summed E-state index contributed by atoms with van der Waals surface area (Å²) in [5.74, 6) is 11.5. The smallest absolute Gasteiger partial charge is 0.672 e. The third-order valence-corrected chi connectivity index (χ3v) is 16.2. The van der Waals surface area contributed by atoms with Crippen molar-refractivity contribution in [3.05, 3.63) is 22.9 Å². The van der Waals surface area contributed by atoms with E-state index in [0.29, 0.717) is 0 Å². The number of hydrogen-bond donors (Lipinski definition) is 0. The zero-order valence-corrected chi connectivity index (χ0v) is 32.6. The van der Waals surface area contributed by atoms with Gasteiger partial charge in [0.25, 0.3) is 0 Å². The van der Waals surface area contributed by atoms with Gasteiger partial charge in [-0.3, -0.25) is 0 Å². The monoisotopic (exact) mass is 700 g/mol. The predicted octanol–water partition coefficient (Wildman–Crippen LogP) is 10.4. The second kappa shape index (κ2) is 13.4. The van der Waals surface area contributed by atoms with Crippen LogP contribution in [0.25, 0.3) is 22.9 Å². The van der Waals surface area contributed by atoms with Gasteiger partial charge < -0.3 is 33.9 Å². The van der Waals surface area contributed by atoms with Gasteiger partial charge in [0.15, 0.2) is 0 Å². The molecular weight excluding hydrogens is 634 g/mol. The summed E-state index contributed by atoms with van der Waals surface area (Å²) in [6, 6.07) is 0. The van der Waals surface area contributed by atoms with E-state index in [2.05, 4.69) is 0 Å². The van der Waals surface area contributed by atoms with Gasteiger partial charge in [0.1, 0.15) is 0 Å². The molecule has 0 amide bonds. The molecular formula is C40H68N4O2Zn-2. The summed E-state index contributed by atoms with van der Waals surface area (Å²) in [5, 5.41) is 0. The van der Waals surface area contributed by atoms with Crippen molar-refractivity contribution in [1.29, 1.82) is 0 Å². The molecule has 0 aromatic carbocycles. The fourth-order valence-electron chi connectivity index (χ4n) is 16.4. The van der Waals surface area contributed by atoms with Crippen molar-refractivity contribution in [2.24, 2.45) is 71.0 Å². The maximum Gasteiger partial charge on any atom is 2.00 e. The van der Waals surface area contributed by atoms with Crippen LogP contribution in [0.5, 0.6) is 0 Å². The van der Waals surface area contributed by atoms with Crippen molar-refractivity contribution in [3.63, 3.8) is 0 Å². The molecule has 0 spiro atoms. The third-order valence-electron chi connectivity index (χ3n) is 16.2. The fraction of sp³-hybridized carbons (Fsp3) is 1.00. The first kappa shape index (κ1) is 37.2. The second-order valence-electron chi connectivity index (χ2n) is 20.8. The standard InChI is InChI=1S/4C10H16N.2H2O.Zn/c4*11-10-4-7-1-8(5-10)3-9(2-7)6-10;;;/h4*7-9,11H,1-6H2;2*1H2;/q4*-1;;;+2. The Morgan fingerprint density at radius 1 is 0.234 bits per heavy atom. The largest absolute Gasteiger partial charge is 2.00 e. The molecule has 0 saturated heterocycles. The minimum Gasteiger partial charge on any atom is -0.672 e. The molecule has 0 heterocycles. The van der Waals surface area contributed by atoms with Crippen molar-refractivity contribution in [1.82, 2.24) is 0 Å². The molecule has 7 heteroatoms. The van der Waals surface area contributed by atoms with Gasteiger partial charge in [-0.05, 0) is 148 Å². The Balaban J connectivity index is 0.000000107. The zero-order valence-electron chi connectivity index (χ0n) is 29.6. The van der Waals surface area contributed by atoms with E-state index in [4.69, 9.17) is 22.9 Å². The Kier molecular flexibility index (Phi) is 10.6. The van der Waals surface area contributed by atoms with Crippen molar-refractivity contribution >= 4 is 0 Å². The Hall–Kier alpha value is 0.383. The first-order chi connectivity index (χ1) is 20.9. The van der Waals surface area contributed by atoms with Gasteiger partial charge in [0, 0.05) is 0 Å². The van der Waals surface area contributed by atoms with Crippen LogP contribution in [-0.2, 0) is 19.5 Å². The van der Waals surface area contributed by atoms with Crippen molar-refractivity contribution in [2.75, 3.05) is 0 Å². The Morgan fingerprint density at radius 2 is 0.319 bits per heavy atom. The quantitative estimate of drug-likeness (QED) is 0.220. The molecule has 264 valence electrons. The Bertz CT molecular complexity index is 787. The van der Waals surface area contributed by atoms with Gasteiger partial charge in [0.05, 0.1) is 0 Å². The summed E-state index contributed by atoms with van der Waals surface area (Å²) >= 11 is 0. The van der Waals surface area contributed by atoms with Gasteiger partial charge in [-0.2, -0.15) is 0 Å². The van der Waals surface area contributed by atoms with E-state index in [1.54, 1.807) is 0 Å². The predicted molar refractivity (Wildman–Crippen MR) is 188 cm³/mol. The van der Waals surface area contributed by atoms with Gasteiger partial charge in [-0.1, -0.05) is 77.0 Å². The molecule has 47 heavy (non-hydrogen) atoms. The minimum absolute atomic E-state index is 0. The molecule has 16 rings (SSSR count). The van der Waals surface area contributed by atoms with Crippen molar-refractivity contribution in [3.8, 4) is 0 Å². The third kappa shape index (κ3) is 7.78. The molecule has 16 aliphatic carbocycles. The summed E-state index contributed by atoms with van der Waals surface area (Å²) in [4.78, 5) is 0. The molecule has 16 saturated carbocycles. The van der Waals surface area contributed by atoms with Crippen LogP contribution in [-0.4, -0.2) is 33.1 Å². The summed E-state index contributed by atoms with van der Waals surface area (Å²) in [7, 11) is 0. The molecule has 0 aromatic rings. The van der Waals surface area contributed by atoms with E-state index in [0.717, 1.165) is 71.0 Å². The van der Waals surface area contributed by atoms with E-state index >= 15 is 0 Å². The SMILES string of the molecule is O.O.[NH-]C12CC3CC(CC(C3)C1)C2.[NH-]C12CC3CC(CC(C3)C1)C2.[NH-]C12CC3CC(CC(C3)C1)C2.[NH-]C12CC3CC(CC(C3)C1)C2.[Zn+2]. The van der Waals surface area contributed by atoms with Crippen molar-refractivity contribution in [2.45, 2.75) is 176 Å². The van der Waals surface area contributed by atoms with Crippen molar-refractivity contribution < 1.29 is 30.4 Å². The van der Waals surface area contributed by atoms with Crippen LogP contribution in [0.1, 0.15) is 154 Å². The molecule has 0 unspecified atom stereocenters. The van der Waals surface area contributed by atoms with Gasteiger partial charge >= 0.3 is 19.5 Å². The summed E-state index contributed by atoms with van der Waals surface area (Å²) in [5.41, 5.74) is 33.0. The van der Waals surface area contributed by atoms with E-state index in [9.17, 15) is 0 Å². The normalized spacial score (nSPS) is 56.4. The van der Waals surface area contributed by atoms with E-state index < -0.39 is 0 Å². The average molecular weight is 702 g/mol. The van der Waals surface area contributed by atoms with E-state index in [1.165, 1.54) is 154 Å². The van der Waals surface area contributed by atoms with Crippen LogP contribution >= 0.6 is 0 Å². The number of hydrogen-bond acceptors (Lipinski definition) is 0. The topological polar surface area (TPSA) is 158 Å². The molecule has 6 nitrogen and oxygen atoms in total. The summed E-state index contributed by atoms with van der Waals surface area (Å²) in [6.45, 7) is 0. The van der Waals surface area contributed by atoms with Crippen LogP contribution in [0.3, 0.4) is 0 Å². The van der Waals surface area contributed by atoms with Crippen LogP contribution < -0.4 is 0 Å². The molecule has 16 fully saturated rings. The number of nitrogens with one attached hydrogen (secondary N) is 4. The molecule has 0 aliphatic heterocycles. The maximum atomic E-state index is 8.21. The zero-order chi connectivity index (χ0) is 29.9. The summed E-state index contributed by atoms with van der Waals surface area (Å²) in [6.07, 6.45) is 32.5. The molecule has 16 aliphatic rings. The molecule has 16 bridgehead atoms. The van der Waals surface area contributed by atoms with E-state index in [-0.39, 0.29) is 52.6 Å². The average Bonchev–Trinajstić information content (AvgIpc) is 2.84. The molecule has 8 N–H and O–H groups in total. The Morgan fingerprint density at radius 3 is 0.383 bits per heavy atom. The molecule has 0 atom stereocenters. The first-order valence-electron chi connectivity index (χ1n) is 19.9. The number of rotatable bonds is 0. The summed E-state index contributed by atoms with van der Waals surface area (Å²) < 4.78 is 0. The maximum absolute atomic E-state index is 8.21. The van der Waals surface area contributed by atoms with Crippen LogP contribution in [0.15, 0.2) is 0 Å². The van der Waals surface area contributed by atoms with Gasteiger partial charge in [0.2, 0.25) is 0 Å². The second-order valence-corrected chi connectivity index (χ2v) is 20.8. The minimum atomic E-state index is 0. The van der Waals surface area contributed by atoms with E-state index in [1.807, 2.05) is 0 Å². The Labute approximate surface area is 299 Å². The van der Waals surface area contributed by atoms with Crippen LogP contribution in [0.2, 0.25) is 0 Å². The van der Waals surface area contributed by atoms with Gasteiger partial charge in [-0.25, -0.2) is 0 Å². The fourth-order valence-corrected chi connectivity index (χ4v) is 16.4. The van der Waals surface area contributed by atoms with Crippen LogP contribution in [0.4, 0.5) is 0 Å². The molecule has 0 radical (unpaired) electrons.